The Balaban J connectivity index is 0.00000225. The zero-order chi connectivity index (χ0) is 11.3. The summed E-state index contributed by atoms with van der Waals surface area (Å²) in [4.78, 5) is 10.7. The number of hydrogen-bond donors (Lipinski definition) is 1. The van der Waals surface area contributed by atoms with Gasteiger partial charge in [-0.1, -0.05) is 18.2 Å². The molecule has 0 radical (unpaired) electrons. The maximum Gasteiger partial charge on any atom is 0.308 e. The number of ether oxygens (including phenoxy) is 1. The van der Waals surface area contributed by atoms with Gasteiger partial charge in [0.25, 0.3) is 0 Å². The molecular formula is C12H16ClNO2. The summed E-state index contributed by atoms with van der Waals surface area (Å²) < 4.78 is 4.91. The first-order valence-corrected chi connectivity index (χ1v) is 4.78. The van der Waals surface area contributed by atoms with Crippen molar-refractivity contribution in [2.24, 2.45) is 5.73 Å². The highest BCUT2D eigenvalue weighted by molar-refractivity contribution is 5.85. The van der Waals surface area contributed by atoms with Crippen molar-refractivity contribution in [1.82, 2.24) is 0 Å². The minimum Gasteiger partial charge on any atom is -0.427 e. The zero-order valence-corrected chi connectivity index (χ0v) is 10.00. The van der Waals surface area contributed by atoms with Gasteiger partial charge in [0.1, 0.15) is 5.75 Å². The van der Waals surface area contributed by atoms with Gasteiger partial charge < -0.3 is 10.5 Å². The van der Waals surface area contributed by atoms with E-state index in [9.17, 15) is 4.79 Å². The Morgan fingerprint density at radius 3 is 2.50 bits per heavy atom. The number of benzene rings is 1. The molecule has 16 heavy (non-hydrogen) atoms. The first kappa shape index (κ1) is 14.7. The highest BCUT2D eigenvalue weighted by Gasteiger charge is 2.04. The van der Waals surface area contributed by atoms with E-state index in [0.29, 0.717) is 5.75 Å². The monoisotopic (exact) mass is 241 g/mol. The topological polar surface area (TPSA) is 52.3 Å². The van der Waals surface area contributed by atoms with Gasteiger partial charge >= 0.3 is 5.97 Å². The van der Waals surface area contributed by atoms with Crippen LogP contribution in [0.15, 0.2) is 36.9 Å². The van der Waals surface area contributed by atoms with Gasteiger partial charge in [-0.3, -0.25) is 4.79 Å². The van der Waals surface area contributed by atoms with Crippen molar-refractivity contribution in [2.75, 3.05) is 0 Å². The number of nitrogens with two attached hydrogens (primary N) is 1. The van der Waals surface area contributed by atoms with Crippen LogP contribution in [-0.2, 0) is 4.79 Å². The SMILES string of the molecule is C=CC[C@H](N)c1ccc(OC(C)=O)cc1.Cl. The third-order valence-corrected chi connectivity index (χ3v) is 1.99. The van der Waals surface area contributed by atoms with E-state index in [0.717, 1.165) is 12.0 Å². The fraction of sp³-hybridized carbons (Fsp3) is 0.250. The van der Waals surface area contributed by atoms with Crippen molar-refractivity contribution in [1.29, 1.82) is 0 Å². The van der Waals surface area contributed by atoms with Gasteiger partial charge in [-0.05, 0) is 24.1 Å². The number of carbonyl (C=O) groups excluding carboxylic acids is 1. The Bertz CT molecular complexity index is 349. The van der Waals surface area contributed by atoms with Crippen molar-refractivity contribution in [3.63, 3.8) is 0 Å². The van der Waals surface area contributed by atoms with Gasteiger partial charge in [0, 0.05) is 13.0 Å². The molecule has 2 N–H and O–H groups in total. The fourth-order valence-electron chi connectivity index (χ4n) is 1.26. The molecule has 0 aromatic heterocycles. The second-order valence-corrected chi connectivity index (χ2v) is 3.29. The lowest BCUT2D eigenvalue weighted by molar-refractivity contribution is -0.131. The summed E-state index contributed by atoms with van der Waals surface area (Å²) in [5.74, 6) is 0.218. The van der Waals surface area contributed by atoms with Gasteiger partial charge in [-0.2, -0.15) is 0 Å². The summed E-state index contributed by atoms with van der Waals surface area (Å²) in [7, 11) is 0. The molecule has 0 heterocycles. The molecule has 88 valence electrons. The van der Waals surface area contributed by atoms with E-state index in [-0.39, 0.29) is 24.4 Å². The summed E-state index contributed by atoms with van der Waals surface area (Å²) in [5, 5.41) is 0. The molecule has 0 fully saturated rings. The van der Waals surface area contributed by atoms with E-state index < -0.39 is 0 Å². The quantitative estimate of drug-likeness (QED) is 0.501. The van der Waals surface area contributed by atoms with E-state index >= 15 is 0 Å². The van der Waals surface area contributed by atoms with E-state index in [1.54, 1.807) is 18.2 Å². The Morgan fingerprint density at radius 2 is 2.06 bits per heavy atom. The van der Waals surface area contributed by atoms with Crippen LogP contribution in [0.1, 0.15) is 24.9 Å². The van der Waals surface area contributed by atoms with Crippen LogP contribution in [0.5, 0.6) is 5.75 Å². The molecule has 4 heteroatoms. The lowest BCUT2D eigenvalue weighted by atomic mass is 10.0. The van der Waals surface area contributed by atoms with Crippen LogP contribution in [0.4, 0.5) is 0 Å². The molecule has 0 saturated carbocycles. The molecule has 0 aliphatic carbocycles. The van der Waals surface area contributed by atoms with Crippen LogP contribution in [0.2, 0.25) is 0 Å². The molecule has 0 aliphatic heterocycles. The van der Waals surface area contributed by atoms with Crippen molar-refractivity contribution >= 4 is 18.4 Å². The Labute approximate surface area is 102 Å². The van der Waals surface area contributed by atoms with Gasteiger partial charge in [0.15, 0.2) is 0 Å². The lowest BCUT2D eigenvalue weighted by Gasteiger charge is -2.09. The summed E-state index contributed by atoms with van der Waals surface area (Å²) in [5.41, 5.74) is 6.88. The minimum absolute atomic E-state index is 0. The first-order chi connectivity index (χ1) is 7.13. The first-order valence-electron chi connectivity index (χ1n) is 4.78. The smallest absolute Gasteiger partial charge is 0.308 e. The Kier molecular flexibility index (Phi) is 6.46. The number of esters is 1. The zero-order valence-electron chi connectivity index (χ0n) is 9.18. The van der Waals surface area contributed by atoms with E-state index in [1.807, 2.05) is 12.1 Å². The van der Waals surface area contributed by atoms with Crippen LogP contribution in [0.3, 0.4) is 0 Å². The minimum atomic E-state index is -0.321. The number of halogens is 1. The average Bonchev–Trinajstić information content (AvgIpc) is 2.18. The van der Waals surface area contributed by atoms with Crippen molar-refractivity contribution in [2.45, 2.75) is 19.4 Å². The molecule has 0 saturated heterocycles. The van der Waals surface area contributed by atoms with Gasteiger partial charge in [0.05, 0.1) is 0 Å². The molecule has 1 rings (SSSR count). The summed E-state index contributed by atoms with van der Waals surface area (Å²) in [6.45, 7) is 5.01. The Hall–Kier alpha value is -1.32. The third-order valence-electron chi connectivity index (χ3n) is 1.99. The Morgan fingerprint density at radius 1 is 1.50 bits per heavy atom. The maximum absolute atomic E-state index is 10.7. The van der Waals surface area contributed by atoms with Gasteiger partial charge in [-0.25, -0.2) is 0 Å². The molecule has 1 atom stereocenters. The fourth-order valence-corrected chi connectivity index (χ4v) is 1.26. The van der Waals surface area contributed by atoms with Crippen LogP contribution in [0.25, 0.3) is 0 Å². The average molecular weight is 242 g/mol. The van der Waals surface area contributed by atoms with E-state index in [4.69, 9.17) is 10.5 Å². The standard InChI is InChI=1S/C12H15NO2.ClH/c1-3-4-12(13)10-5-7-11(8-6-10)15-9(2)14;/h3,5-8,12H,1,4,13H2,2H3;1H/t12-;/m0./s1. The normalized spacial score (nSPS) is 11.1. The molecular weight excluding hydrogens is 226 g/mol. The number of carbonyl (C=O) groups is 1. The van der Waals surface area contributed by atoms with E-state index in [1.165, 1.54) is 6.92 Å². The van der Waals surface area contributed by atoms with Crippen LogP contribution >= 0.6 is 12.4 Å². The molecule has 0 amide bonds. The molecule has 0 bridgehead atoms. The van der Waals surface area contributed by atoms with Gasteiger partial charge in [-0.15, -0.1) is 19.0 Å². The highest BCUT2D eigenvalue weighted by Crippen LogP contribution is 2.18. The second-order valence-electron chi connectivity index (χ2n) is 3.29. The lowest BCUT2D eigenvalue weighted by Crippen LogP contribution is -2.09. The summed E-state index contributed by atoms with van der Waals surface area (Å²) in [6.07, 6.45) is 2.51. The second kappa shape index (κ2) is 7.04. The third kappa shape index (κ3) is 4.47. The largest absolute Gasteiger partial charge is 0.427 e. The number of hydrogen-bond acceptors (Lipinski definition) is 3. The maximum atomic E-state index is 10.7. The predicted octanol–water partition coefficient (Wildman–Crippen LogP) is 2.61. The van der Waals surface area contributed by atoms with Crippen molar-refractivity contribution in [3.05, 3.63) is 42.5 Å². The van der Waals surface area contributed by atoms with Crippen LogP contribution in [-0.4, -0.2) is 5.97 Å². The molecule has 0 aliphatic rings. The number of rotatable bonds is 4. The van der Waals surface area contributed by atoms with Crippen LogP contribution < -0.4 is 10.5 Å². The summed E-state index contributed by atoms with van der Waals surface area (Å²) >= 11 is 0. The summed E-state index contributed by atoms with van der Waals surface area (Å²) in [6, 6.07) is 7.13. The van der Waals surface area contributed by atoms with Crippen molar-refractivity contribution < 1.29 is 9.53 Å². The van der Waals surface area contributed by atoms with Gasteiger partial charge in [0.2, 0.25) is 0 Å². The van der Waals surface area contributed by atoms with E-state index in [2.05, 4.69) is 6.58 Å². The molecule has 1 aromatic rings. The molecule has 3 nitrogen and oxygen atoms in total. The molecule has 0 unspecified atom stereocenters. The molecule has 1 aromatic carbocycles. The van der Waals surface area contributed by atoms with Crippen LogP contribution in [0, 0.1) is 0 Å². The predicted molar refractivity (Wildman–Crippen MR) is 66.7 cm³/mol. The highest BCUT2D eigenvalue weighted by atomic mass is 35.5. The molecule has 0 spiro atoms. The van der Waals surface area contributed by atoms with Crippen molar-refractivity contribution in [3.8, 4) is 5.75 Å².